The van der Waals surface area contributed by atoms with E-state index < -0.39 is 6.01 Å². The molecule has 0 aliphatic carbocycles. The van der Waals surface area contributed by atoms with Crippen molar-refractivity contribution in [2.45, 2.75) is 0 Å². The smallest absolute Gasteiger partial charge is 0.278 e. The van der Waals surface area contributed by atoms with Gasteiger partial charge in [-0.2, -0.15) is 4.39 Å². The molecule has 0 unspecified atom stereocenters. The van der Waals surface area contributed by atoms with E-state index in [4.69, 9.17) is 4.42 Å². The maximum Gasteiger partial charge on any atom is 0.278 e. The van der Waals surface area contributed by atoms with Gasteiger partial charge in [-0.15, -0.1) is 0 Å². The van der Waals surface area contributed by atoms with Crippen LogP contribution in [0.5, 0.6) is 0 Å². The Bertz CT molecular complexity index is 364. The molecule has 0 spiro atoms. The summed E-state index contributed by atoms with van der Waals surface area (Å²) in [6.07, 6.45) is 0. The predicted octanol–water partition coefficient (Wildman–Crippen LogP) is 3.09. The van der Waals surface area contributed by atoms with Gasteiger partial charge in [0.1, 0.15) is 5.76 Å². The molecule has 12 heavy (non-hydrogen) atoms. The zero-order valence-electron chi connectivity index (χ0n) is 6.33. The van der Waals surface area contributed by atoms with Crippen molar-refractivity contribution >= 4 is 0 Å². The Morgan fingerprint density at radius 3 is 2.25 bits per heavy atom. The number of benzene rings is 1. The minimum absolute atomic E-state index is 0.547. The van der Waals surface area contributed by atoms with Gasteiger partial charge in [-0.1, -0.05) is 30.3 Å². The zero-order valence-corrected chi connectivity index (χ0v) is 6.33. The molecule has 0 N–H and O–H groups in total. The third kappa shape index (κ3) is 1.23. The van der Waals surface area contributed by atoms with Crippen LogP contribution in [-0.4, -0.2) is 0 Å². The van der Waals surface area contributed by atoms with Crippen molar-refractivity contribution in [2.75, 3.05) is 0 Å². The second-order valence-electron chi connectivity index (χ2n) is 2.47. The molecule has 0 bridgehead atoms. The average Bonchev–Trinajstić information content (AvgIpc) is 2.54. The molecule has 1 aromatic heterocycles. The van der Waals surface area contributed by atoms with Crippen LogP contribution < -0.4 is 0 Å². The molecule has 2 rings (SSSR count). The quantitative estimate of drug-likeness (QED) is 0.628. The van der Waals surface area contributed by atoms with E-state index in [9.17, 15) is 4.39 Å². The molecular weight excluding hydrogens is 155 g/mol. The van der Waals surface area contributed by atoms with E-state index in [-0.39, 0.29) is 0 Å². The summed E-state index contributed by atoms with van der Waals surface area (Å²) >= 11 is 0. The molecule has 0 aliphatic rings. The summed E-state index contributed by atoms with van der Waals surface area (Å²) in [6.45, 7) is 0. The van der Waals surface area contributed by atoms with Gasteiger partial charge in [-0.3, -0.25) is 0 Å². The lowest BCUT2D eigenvalue weighted by Crippen LogP contribution is -1.69. The van der Waals surface area contributed by atoms with Crippen LogP contribution in [0.3, 0.4) is 0 Å². The third-order valence-electron chi connectivity index (χ3n) is 1.63. The number of hydrogen-bond donors (Lipinski definition) is 0. The van der Waals surface area contributed by atoms with Gasteiger partial charge in [-0.05, 0) is 6.07 Å². The fraction of sp³-hybridized carbons (Fsp3) is 0. The first-order valence-corrected chi connectivity index (χ1v) is 3.67. The molecule has 0 radical (unpaired) electrons. The summed E-state index contributed by atoms with van der Waals surface area (Å²) in [4.78, 5) is 0. The monoisotopic (exact) mass is 162 g/mol. The lowest BCUT2D eigenvalue weighted by Gasteiger charge is -1.92. The predicted molar refractivity (Wildman–Crippen MR) is 44.1 cm³/mol. The van der Waals surface area contributed by atoms with Crippen LogP contribution in [0.4, 0.5) is 4.39 Å². The maximum atomic E-state index is 12.4. The number of halogens is 1. The van der Waals surface area contributed by atoms with Crippen molar-refractivity contribution in [2.24, 2.45) is 0 Å². The van der Waals surface area contributed by atoms with Gasteiger partial charge in [0, 0.05) is 11.6 Å². The van der Waals surface area contributed by atoms with Gasteiger partial charge in [0.25, 0.3) is 6.01 Å². The molecule has 0 atom stereocenters. The first kappa shape index (κ1) is 7.10. The fourth-order valence-corrected chi connectivity index (χ4v) is 1.07. The van der Waals surface area contributed by atoms with Crippen LogP contribution in [0.15, 0.2) is 46.9 Å². The van der Waals surface area contributed by atoms with E-state index in [0.29, 0.717) is 5.76 Å². The molecule has 2 aromatic rings. The Morgan fingerprint density at radius 2 is 1.67 bits per heavy atom. The van der Waals surface area contributed by atoms with Gasteiger partial charge in [0.2, 0.25) is 0 Å². The first-order valence-electron chi connectivity index (χ1n) is 3.67. The molecule has 1 aromatic carbocycles. The molecule has 2 heteroatoms. The van der Waals surface area contributed by atoms with E-state index in [0.717, 1.165) is 5.56 Å². The van der Waals surface area contributed by atoms with Crippen molar-refractivity contribution in [1.29, 1.82) is 0 Å². The zero-order chi connectivity index (χ0) is 8.39. The van der Waals surface area contributed by atoms with Gasteiger partial charge in [0.05, 0.1) is 0 Å². The maximum absolute atomic E-state index is 12.4. The van der Waals surface area contributed by atoms with Crippen LogP contribution in [0.2, 0.25) is 0 Å². The number of hydrogen-bond acceptors (Lipinski definition) is 1. The van der Waals surface area contributed by atoms with Crippen molar-refractivity contribution in [3.8, 4) is 11.3 Å². The highest BCUT2D eigenvalue weighted by atomic mass is 19.1. The summed E-state index contributed by atoms with van der Waals surface area (Å²) in [5, 5.41) is 0. The van der Waals surface area contributed by atoms with E-state index in [1.807, 2.05) is 30.3 Å². The van der Waals surface area contributed by atoms with Gasteiger partial charge >= 0.3 is 0 Å². The Labute approximate surface area is 69.4 Å². The van der Waals surface area contributed by atoms with E-state index in [1.54, 1.807) is 6.07 Å². The lowest BCUT2D eigenvalue weighted by atomic mass is 10.2. The van der Waals surface area contributed by atoms with Crippen LogP contribution >= 0.6 is 0 Å². The van der Waals surface area contributed by atoms with E-state index in [1.165, 1.54) is 6.07 Å². The summed E-state index contributed by atoms with van der Waals surface area (Å²) in [6, 6.07) is 11.8. The molecule has 1 nitrogen and oxygen atoms in total. The van der Waals surface area contributed by atoms with Gasteiger partial charge in [-0.25, -0.2) is 0 Å². The number of rotatable bonds is 1. The molecule has 0 saturated carbocycles. The largest absolute Gasteiger partial charge is 0.431 e. The summed E-state index contributed by atoms with van der Waals surface area (Å²) < 4.78 is 17.2. The van der Waals surface area contributed by atoms with Crippen LogP contribution in [0.25, 0.3) is 11.3 Å². The Morgan fingerprint density at radius 1 is 0.917 bits per heavy atom. The van der Waals surface area contributed by atoms with Crippen molar-refractivity contribution in [3.05, 3.63) is 48.5 Å². The summed E-state index contributed by atoms with van der Waals surface area (Å²) in [5.41, 5.74) is 0.890. The molecule has 0 saturated heterocycles. The topological polar surface area (TPSA) is 13.1 Å². The Kier molecular flexibility index (Phi) is 1.67. The molecule has 1 heterocycles. The highest BCUT2D eigenvalue weighted by molar-refractivity contribution is 5.56. The van der Waals surface area contributed by atoms with Crippen LogP contribution in [0.1, 0.15) is 0 Å². The van der Waals surface area contributed by atoms with Crippen LogP contribution in [-0.2, 0) is 0 Å². The highest BCUT2D eigenvalue weighted by Crippen LogP contribution is 2.20. The second kappa shape index (κ2) is 2.81. The van der Waals surface area contributed by atoms with Crippen molar-refractivity contribution < 1.29 is 8.81 Å². The SMILES string of the molecule is Fc1ccc(-c2ccccc2)o1. The molecule has 0 fully saturated rings. The van der Waals surface area contributed by atoms with Crippen molar-refractivity contribution in [3.63, 3.8) is 0 Å². The molecule has 0 aliphatic heterocycles. The summed E-state index contributed by atoms with van der Waals surface area (Å²) in [5.74, 6) is 0.563. The Hall–Kier alpha value is -1.57. The highest BCUT2D eigenvalue weighted by Gasteiger charge is 2.01. The minimum Gasteiger partial charge on any atom is -0.431 e. The first-order chi connectivity index (χ1) is 5.86. The second-order valence-corrected chi connectivity index (χ2v) is 2.47. The van der Waals surface area contributed by atoms with Gasteiger partial charge < -0.3 is 4.42 Å². The van der Waals surface area contributed by atoms with Crippen molar-refractivity contribution in [1.82, 2.24) is 0 Å². The standard InChI is InChI=1S/C10H7FO/c11-10-7-6-9(12-10)8-4-2-1-3-5-8/h1-7H. The minimum atomic E-state index is -0.547. The normalized spacial score (nSPS) is 10.1. The third-order valence-corrected chi connectivity index (χ3v) is 1.63. The molecule has 0 amide bonds. The summed E-state index contributed by atoms with van der Waals surface area (Å²) in [7, 11) is 0. The number of furan rings is 1. The van der Waals surface area contributed by atoms with E-state index in [2.05, 4.69) is 0 Å². The fourth-order valence-electron chi connectivity index (χ4n) is 1.07. The lowest BCUT2D eigenvalue weighted by molar-refractivity contribution is 0.367. The Balaban J connectivity index is 2.45. The van der Waals surface area contributed by atoms with E-state index >= 15 is 0 Å². The van der Waals surface area contributed by atoms with Crippen LogP contribution in [0, 0.1) is 6.01 Å². The average molecular weight is 162 g/mol. The molecule has 60 valence electrons. The van der Waals surface area contributed by atoms with Gasteiger partial charge in [0.15, 0.2) is 0 Å². The molecular formula is C10H7FO.